The molecule has 1 heterocycles. The topological polar surface area (TPSA) is 50.4 Å². The van der Waals surface area contributed by atoms with Crippen LogP contribution in [0.15, 0.2) is 23.9 Å². The summed E-state index contributed by atoms with van der Waals surface area (Å²) in [4.78, 5) is 3.94. The van der Waals surface area contributed by atoms with E-state index in [0.717, 1.165) is 6.42 Å². The first kappa shape index (κ1) is 8.77. The first-order valence-electron chi connectivity index (χ1n) is 3.90. The van der Waals surface area contributed by atoms with Crippen molar-refractivity contribution in [2.45, 2.75) is 25.8 Å². The fraction of sp³-hybridized carbons (Fsp3) is 0.500. The Balaban J connectivity index is 2.95. The van der Waals surface area contributed by atoms with Gasteiger partial charge in [-0.2, -0.15) is 0 Å². The SMILES string of the molecule is CCC(C)(C=NO)n1ccnc1. The maximum absolute atomic E-state index is 8.47. The summed E-state index contributed by atoms with van der Waals surface area (Å²) in [6.45, 7) is 4.01. The summed E-state index contributed by atoms with van der Waals surface area (Å²) in [6, 6.07) is 0. The van der Waals surface area contributed by atoms with E-state index < -0.39 is 0 Å². The zero-order chi connectivity index (χ0) is 9.03. The van der Waals surface area contributed by atoms with E-state index in [1.807, 2.05) is 24.6 Å². The van der Waals surface area contributed by atoms with Crippen LogP contribution in [0.1, 0.15) is 20.3 Å². The standard InChI is InChI=1S/C8H13N3O/c1-3-8(2,6-10-12)11-5-4-9-7-11/h4-7,12H,3H2,1-2H3. The third-order valence-corrected chi connectivity index (χ3v) is 2.15. The summed E-state index contributed by atoms with van der Waals surface area (Å²) >= 11 is 0. The van der Waals surface area contributed by atoms with Gasteiger partial charge in [0.15, 0.2) is 0 Å². The highest BCUT2D eigenvalue weighted by molar-refractivity contribution is 5.66. The first-order chi connectivity index (χ1) is 5.73. The van der Waals surface area contributed by atoms with Gasteiger partial charge in [-0.05, 0) is 13.3 Å². The van der Waals surface area contributed by atoms with E-state index in [-0.39, 0.29) is 5.54 Å². The second kappa shape index (κ2) is 3.38. The minimum absolute atomic E-state index is 0.273. The quantitative estimate of drug-likeness (QED) is 0.421. The lowest BCUT2D eigenvalue weighted by Crippen LogP contribution is -2.29. The van der Waals surface area contributed by atoms with E-state index in [1.54, 1.807) is 12.5 Å². The summed E-state index contributed by atoms with van der Waals surface area (Å²) in [5, 5.41) is 11.5. The Kier molecular flexibility index (Phi) is 2.47. The lowest BCUT2D eigenvalue weighted by Gasteiger charge is -2.24. The molecule has 0 saturated heterocycles. The molecule has 0 saturated carbocycles. The average Bonchev–Trinajstić information content (AvgIpc) is 2.57. The van der Waals surface area contributed by atoms with Crippen LogP contribution in [0.4, 0.5) is 0 Å². The van der Waals surface area contributed by atoms with Gasteiger partial charge in [0.05, 0.1) is 18.1 Å². The molecule has 0 aliphatic heterocycles. The minimum Gasteiger partial charge on any atom is -0.411 e. The molecule has 0 amide bonds. The van der Waals surface area contributed by atoms with E-state index in [9.17, 15) is 0 Å². The molecule has 1 aromatic heterocycles. The number of hydrogen-bond acceptors (Lipinski definition) is 3. The third-order valence-electron chi connectivity index (χ3n) is 2.15. The second-order valence-corrected chi connectivity index (χ2v) is 2.93. The minimum atomic E-state index is -0.273. The summed E-state index contributed by atoms with van der Waals surface area (Å²) in [5.74, 6) is 0. The summed E-state index contributed by atoms with van der Waals surface area (Å²) in [7, 11) is 0. The Morgan fingerprint density at radius 1 is 1.75 bits per heavy atom. The molecule has 1 aromatic rings. The molecule has 1 N–H and O–H groups in total. The van der Waals surface area contributed by atoms with Gasteiger partial charge in [0.25, 0.3) is 0 Å². The van der Waals surface area contributed by atoms with Gasteiger partial charge in [0.2, 0.25) is 0 Å². The Morgan fingerprint density at radius 3 is 2.92 bits per heavy atom. The normalized spacial score (nSPS) is 16.5. The van der Waals surface area contributed by atoms with Crippen molar-refractivity contribution in [1.82, 2.24) is 9.55 Å². The zero-order valence-corrected chi connectivity index (χ0v) is 7.31. The predicted octanol–water partition coefficient (Wildman–Crippen LogP) is 1.47. The summed E-state index contributed by atoms with van der Waals surface area (Å²) < 4.78 is 1.91. The van der Waals surface area contributed by atoms with Crippen LogP contribution in [0.3, 0.4) is 0 Å². The lowest BCUT2D eigenvalue weighted by molar-refractivity contribution is 0.309. The van der Waals surface area contributed by atoms with Crippen LogP contribution >= 0.6 is 0 Å². The molecule has 0 bridgehead atoms. The molecule has 1 rings (SSSR count). The third kappa shape index (κ3) is 1.47. The lowest BCUT2D eigenvalue weighted by atomic mass is 10.0. The fourth-order valence-electron chi connectivity index (χ4n) is 1.03. The van der Waals surface area contributed by atoms with Crippen molar-refractivity contribution >= 4 is 6.21 Å². The molecule has 1 atom stereocenters. The summed E-state index contributed by atoms with van der Waals surface area (Å²) in [5.41, 5.74) is -0.273. The zero-order valence-electron chi connectivity index (χ0n) is 7.31. The van der Waals surface area contributed by atoms with Gasteiger partial charge in [0.1, 0.15) is 0 Å². The Labute approximate surface area is 71.5 Å². The van der Waals surface area contributed by atoms with Gasteiger partial charge >= 0.3 is 0 Å². The molecule has 0 aliphatic rings. The molecule has 12 heavy (non-hydrogen) atoms. The molecule has 0 aliphatic carbocycles. The molecular weight excluding hydrogens is 154 g/mol. The van der Waals surface area contributed by atoms with Crippen molar-refractivity contribution in [1.29, 1.82) is 0 Å². The molecule has 0 radical (unpaired) electrons. The highest BCUT2D eigenvalue weighted by atomic mass is 16.4. The van der Waals surface area contributed by atoms with Gasteiger partial charge in [0, 0.05) is 12.4 Å². The van der Waals surface area contributed by atoms with Crippen molar-refractivity contribution in [3.63, 3.8) is 0 Å². The van der Waals surface area contributed by atoms with Crippen LogP contribution < -0.4 is 0 Å². The van der Waals surface area contributed by atoms with Crippen LogP contribution in [0, 0.1) is 0 Å². The van der Waals surface area contributed by atoms with E-state index in [1.165, 1.54) is 6.21 Å². The number of aromatic nitrogens is 2. The molecule has 66 valence electrons. The van der Waals surface area contributed by atoms with Crippen LogP contribution in [-0.4, -0.2) is 21.0 Å². The van der Waals surface area contributed by atoms with Crippen LogP contribution in [0.5, 0.6) is 0 Å². The number of nitrogens with zero attached hydrogens (tertiary/aromatic N) is 3. The second-order valence-electron chi connectivity index (χ2n) is 2.93. The number of hydrogen-bond donors (Lipinski definition) is 1. The Hall–Kier alpha value is -1.32. The Morgan fingerprint density at radius 2 is 2.50 bits per heavy atom. The molecule has 0 spiro atoms. The highest BCUT2D eigenvalue weighted by Crippen LogP contribution is 2.16. The number of oxime groups is 1. The van der Waals surface area contributed by atoms with E-state index in [4.69, 9.17) is 5.21 Å². The van der Waals surface area contributed by atoms with Crippen molar-refractivity contribution < 1.29 is 5.21 Å². The Bertz CT molecular complexity index is 255. The van der Waals surface area contributed by atoms with Crippen molar-refractivity contribution in [2.24, 2.45) is 5.16 Å². The smallest absolute Gasteiger partial charge is 0.0954 e. The highest BCUT2D eigenvalue weighted by Gasteiger charge is 2.20. The van der Waals surface area contributed by atoms with Crippen molar-refractivity contribution in [3.05, 3.63) is 18.7 Å². The van der Waals surface area contributed by atoms with Gasteiger partial charge in [-0.1, -0.05) is 12.1 Å². The fourth-order valence-corrected chi connectivity index (χ4v) is 1.03. The molecular formula is C8H13N3O. The molecule has 4 heteroatoms. The number of imidazole rings is 1. The maximum Gasteiger partial charge on any atom is 0.0954 e. The first-order valence-corrected chi connectivity index (χ1v) is 3.90. The maximum atomic E-state index is 8.47. The van der Waals surface area contributed by atoms with Crippen LogP contribution in [0.2, 0.25) is 0 Å². The van der Waals surface area contributed by atoms with Gasteiger partial charge < -0.3 is 9.77 Å². The monoisotopic (exact) mass is 167 g/mol. The van der Waals surface area contributed by atoms with Gasteiger partial charge in [-0.3, -0.25) is 0 Å². The molecule has 0 fully saturated rings. The number of rotatable bonds is 3. The van der Waals surface area contributed by atoms with Gasteiger partial charge in [-0.15, -0.1) is 0 Å². The summed E-state index contributed by atoms with van der Waals surface area (Å²) in [6.07, 6.45) is 7.64. The van der Waals surface area contributed by atoms with E-state index in [0.29, 0.717) is 0 Å². The predicted molar refractivity (Wildman–Crippen MR) is 46.4 cm³/mol. The largest absolute Gasteiger partial charge is 0.411 e. The molecule has 4 nitrogen and oxygen atoms in total. The van der Waals surface area contributed by atoms with Crippen LogP contribution in [-0.2, 0) is 5.54 Å². The van der Waals surface area contributed by atoms with E-state index in [2.05, 4.69) is 10.1 Å². The average molecular weight is 167 g/mol. The molecule has 1 unspecified atom stereocenters. The van der Waals surface area contributed by atoms with Crippen LogP contribution in [0.25, 0.3) is 0 Å². The van der Waals surface area contributed by atoms with Crippen molar-refractivity contribution in [2.75, 3.05) is 0 Å². The van der Waals surface area contributed by atoms with Crippen molar-refractivity contribution in [3.8, 4) is 0 Å². The molecule has 0 aromatic carbocycles. The van der Waals surface area contributed by atoms with Gasteiger partial charge in [-0.25, -0.2) is 4.98 Å². The van der Waals surface area contributed by atoms with E-state index >= 15 is 0 Å².